The molecular formula is C18H9ClN6O3S2. The third-order valence-corrected chi connectivity index (χ3v) is 6.47. The van der Waals surface area contributed by atoms with E-state index in [0.29, 0.717) is 27.0 Å². The van der Waals surface area contributed by atoms with Gasteiger partial charge in [0.15, 0.2) is 4.34 Å². The van der Waals surface area contributed by atoms with Crippen LogP contribution in [0.1, 0.15) is 11.3 Å². The highest BCUT2D eigenvalue weighted by atomic mass is 35.5. The molecule has 0 atom stereocenters. The zero-order valence-electron chi connectivity index (χ0n) is 14.9. The summed E-state index contributed by atoms with van der Waals surface area (Å²) in [5.74, 6) is 0.355. The molecule has 0 saturated heterocycles. The molecule has 4 rings (SSSR count). The number of nitrogens with zero attached hydrogens (tertiary/aromatic N) is 6. The summed E-state index contributed by atoms with van der Waals surface area (Å²) >= 11 is 8.17. The molecule has 0 bridgehead atoms. The van der Waals surface area contributed by atoms with Gasteiger partial charge < -0.3 is 0 Å². The van der Waals surface area contributed by atoms with Crippen molar-refractivity contribution in [2.24, 2.45) is 0 Å². The van der Waals surface area contributed by atoms with Crippen molar-refractivity contribution >= 4 is 50.5 Å². The maximum atomic E-state index is 12.3. The van der Waals surface area contributed by atoms with Crippen molar-refractivity contribution in [2.45, 2.75) is 10.1 Å². The number of rotatable bonds is 5. The molecule has 0 aliphatic carbocycles. The largest absolute Gasteiger partial charge is 0.288 e. The Morgan fingerprint density at radius 3 is 2.93 bits per heavy atom. The molecule has 0 fully saturated rings. The van der Waals surface area contributed by atoms with Crippen LogP contribution in [-0.4, -0.2) is 24.9 Å². The first-order valence-electron chi connectivity index (χ1n) is 8.28. The van der Waals surface area contributed by atoms with Gasteiger partial charge in [-0.05, 0) is 24.3 Å². The molecular weight excluding hydrogens is 448 g/mol. The molecule has 0 spiro atoms. The van der Waals surface area contributed by atoms with Gasteiger partial charge in [-0.25, -0.2) is 4.68 Å². The standard InChI is InChI=1S/C18H9ClN6O3S2/c19-11-5-14-16(15(6-11)25(27)28)30-18(21-17(14)26)29-9-12-8-24(23-22-12)13-3-1-2-10(4-13)7-20/h1-6,8H,9H2. The zero-order chi connectivity index (χ0) is 21.3. The Morgan fingerprint density at radius 2 is 2.17 bits per heavy atom. The molecule has 0 amide bonds. The van der Waals surface area contributed by atoms with Crippen molar-refractivity contribution in [2.75, 3.05) is 0 Å². The highest BCUT2D eigenvalue weighted by Gasteiger charge is 2.18. The predicted octanol–water partition coefficient (Wildman–Crippen LogP) is 3.96. The van der Waals surface area contributed by atoms with E-state index in [1.165, 1.54) is 23.9 Å². The van der Waals surface area contributed by atoms with Crippen LogP contribution in [0.15, 0.2) is 51.7 Å². The normalized spacial score (nSPS) is 10.8. The number of aromatic nitrogens is 4. The van der Waals surface area contributed by atoms with E-state index in [1.54, 1.807) is 35.1 Å². The van der Waals surface area contributed by atoms with E-state index in [-0.39, 0.29) is 20.8 Å². The van der Waals surface area contributed by atoms with Crippen molar-refractivity contribution in [3.05, 3.63) is 79.3 Å². The molecule has 0 radical (unpaired) electrons. The quantitative estimate of drug-likeness (QED) is 0.251. The van der Waals surface area contributed by atoms with Gasteiger partial charge in [0.05, 0.1) is 39.5 Å². The van der Waals surface area contributed by atoms with Crippen molar-refractivity contribution < 1.29 is 4.92 Å². The summed E-state index contributed by atoms with van der Waals surface area (Å²) in [6.07, 6.45) is 1.70. The van der Waals surface area contributed by atoms with Crippen molar-refractivity contribution in [1.29, 1.82) is 5.26 Å². The number of non-ortho nitro benzene ring substituents is 1. The van der Waals surface area contributed by atoms with Crippen LogP contribution in [0.5, 0.6) is 0 Å². The minimum Gasteiger partial charge on any atom is -0.267 e. The molecule has 0 saturated carbocycles. The van der Waals surface area contributed by atoms with E-state index in [1.807, 2.05) is 0 Å². The van der Waals surface area contributed by atoms with Crippen molar-refractivity contribution in [3.63, 3.8) is 0 Å². The molecule has 30 heavy (non-hydrogen) atoms. The predicted molar refractivity (Wildman–Crippen MR) is 113 cm³/mol. The first-order valence-corrected chi connectivity index (χ1v) is 10.5. The monoisotopic (exact) mass is 456 g/mol. The SMILES string of the molecule is N#Cc1cccc(-n2cc(CSc3nc(=O)c4cc(Cl)cc([N+](=O)[O-])c4s3)nn2)c1. The van der Waals surface area contributed by atoms with E-state index in [4.69, 9.17) is 16.9 Å². The minimum absolute atomic E-state index is 0.109. The average Bonchev–Trinajstić information content (AvgIpc) is 3.21. The van der Waals surface area contributed by atoms with Gasteiger partial charge in [0.1, 0.15) is 4.70 Å². The first-order chi connectivity index (χ1) is 14.4. The number of halogens is 1. The Hall–Kier alpha value is -3.33. The highest BCUT2D eigenvalue weighted by molar-refractivity contribution is 8.00. The van der Waals surface area contributed by atoms with Crippen LogP contribution in [0.3, 0.4) is 0 Å². The molecule has 0 N–H and O–H groups in total. The second-order valence-electron chi connectivity index (χ2n) is 5.95. The number of nitro benzene ring substituents is 1. The van der Waals surface area contributed by atoms with Gasteiger partial charge in [0.25, 0.3) is 11.2 Å². The lowest BCUT2D eigenvalue weighted by Gasteiger charge is -2.02. The Balaban J connectivity index is 1.60. The second kappa shape index (κ2) is 8.19. The molecule has 2 heterocycles. The summed E-state index contributed by atoms with van der Waals surface area (Å²) in [7, 11) is 0. The van der Waals surface area contributed by atoms with Gasteiger partial charge in [-0.3, -0.25) is 14.9 Å². The Labute approximate surface area is 181 Å². The van der Waals surface area contributed by atoms with Crippen LogP contribution in [0.2, 0.25) is 5.02 Å². The van der Waals surface area contributed by atoms with Crippen LogP contribution in [0.4, 0.5) is 5.69 Å². The van der Waals surface area contributed by atoms with Gasteiger partial charge >= 0.3 is 0 Å². The van der Waals surface area contributed by atoms with Crippen LogP contribution in [-0.2, 0) is 5.75 Å². The van der Waals surface area contributed by atoms with Gasteiger partial charge in [0.2, 0.25) is 0 Å². The van der Waals surface area contributed by atoms with Crippen LogP contribution < -0.4 is 5.56 Å². The molecule has 0 unspecified atom stereocenters. The number of nitriles is 1. The third kappa shape index (κ3) is 4.02. The maximum Gasteiger partial charge on any atom is 0.288 e. The van der Waals surface area contributed by atoms with Crippen molar-refractivity contribution in [3.8, 4) is 11.8 Å². The number of fused-ring (bicyclic) bond motifs is 1. The van der Waals surface area contributed by atoms with Gasteiger partial charge in [-0.2, -0.15) is 10.2 Å². The number of benzene rings is 2. The third-order valence-electron chi connectivity index (χ3n) is 3.97. The number of hydrogen-bond acceptors (Lipinski definition) is 9. The molecule has 0 aliphatic heterocycles. The fourth-order valence-corrected chi connectivity index (χ4v) is 4.86. The van der Waals surface area contributed by atoms with Gasteiger partial charge in [-0.15, -0.1) is 16.4 Å². The summed E-state index contributed by atoms with van der Waals surface area (Å²) in [4.78, 5) is 27.1. The molecule has 148 valence electrons. The van der Waals surface area contributed by atoms with Gasteiger partial charge in [-0.1, -0.05) is 34.6 Å². The summed E-state index contributed by atoms with van der Waals surface area (Å²) in [6.45, 7) is 0. The Morgan fingerprint density at radius 1 is 1.33 bits per heavy atom. The zero-order valence-corrected chi connectivity index (χ0v) is 17.2. The molecule has 2 aromatic heterocycles. The minimum atomic E-state index is -0.575. The summed E-state index contributed by atoms with van der Waals surface area (Å²) in [6, 6.07) is 11.6. The number of nitro groups is 1. The highest BCUT2D eigenvalue weighted by Crippen LogP contribution is 2.35. The average molecular weight is 457 g/mol. The lowest BCUT2D eigenvalue weighted by Crippen LogP contribution is -2.06. The topological polar surface area (TPSA) is 128 Å². The molecule has 12 heteroatoms. The fourth-order valence-electron chi connectivity index (χ4n) is 2.64. The first kappa shape index (κ1) is 20.0. The summed E-state index contributed by atoms with van der Waals surface area (Å²) < 4.78 is 2.14. The smallest absolute Gasteiger partial charge is 0.267 e. The van der Waals surface area contributed by atoms with Crippen LogP contribution >= 0.6 is 34.7 Å². The van der Waals surface area contributed by atoms with Crippen LogP contribution in [0, 0.1) is 21.4 Å². The lowest BCUT2D eigenvalue weighted by molar-refractivity contribution is -0.382. The molecule has 0 aliphatic rings. The van der Waals surface area contributed by atoms with E-state index < -0.39 is 10.5 Å². The van der Waals surface area contributed by atoms with Crippen LogP contribution in [0.25, 0.3) is 15.8 Å². The maximum absolute atomic E-state index is 12.3. The summed E-state index contributed by atoms with van der Waals surface area (Å²) in [5, 5.41) is 28.7. The molecule has 9 nitrogen and oxygen atoms in total. The molecule has 4 aromatic rings. The van der Waals surface area contributed by atoms with E-state index in [9.17, 15) is 14.9 Å². The summed E-state index contributed by atoms with van der Waals surface area (Å²) in [5.41, 5.74) is 1.01. The number of thioether (sulfide) groups is 1. The van der Waals surface area contributed by atoms with E-state index in [2.05, 4.69) is 21.4 Å². The van der Waals surface area contributed by atoms with E-state index >= 15 is 0 Å². The number of hydrogen-bond donors (Lipinski definition) is 0. The second-order valence-corrected chi connectivity index (χ2v) is 8.61. The van der Waals surface area contributed by atoms with Gasteiger partial charge in [0, 0.05) is 16.8 Å². The Kier molecular flexibility index (Phi) is 5.45. The lowest BCUT2D eigenvalue weighted by atomic mass is 10.2. The Bertz CT molecular complexity index is 1390. The van der Waals surface area contributed by atoms with E-state index in [0.717, 1.165) is 11.3 Å². The molecule has 2 aromatic carbocycles. The fraction of sp³-hybridized carbons (Fsp3) is 0.0556. The van der Waals surface area contributed by atoms with Crippen molar-refractivity contribution in [1.82, 2.24) is 20.0 Å².